The number of rotatable bonds is 12. The number of benzene rings is 2. The van der Waals surface area contributed by atoms with Crippen LogP contribution in [0.2, 0.25) is 0 Å². The number of hydrazone groups is 1. The number of hydrogen-bond acceptors (Lipinski definition) is 8. The Hall–Kier alpha value is -3.56. The third-order valence-electron chi connectivity index (χ3n) is 5.54. The zero-order valence-corrected chi connectivity index (χ0v) is 20.0. The number of aliphatic hydroxyl groups is 1. The molecule has 8 nitrogen and oxygen atoms in total. The molecule has 1 aliphatic rings. The second-order valence-electron chi connectivity index (χ2n) is 8.32. The van der Waals surface area contributed by atoms with E-state index in [1.165, 1.54) is 37.6 Å². The Bertz CT molecular complexity index is 1100. The van der Waals surface area contributed by atoms with Gasteiger partial charge < -0.3 is 26.2 Å². The van der Waals surface area contributed by atoms with Crippen LogP contribution in [-0.4, -0.2) is 42.5 Å². The minimum Gasteiger partial charge on any atom is -0.483 e. The maximum absolute atomic E-state index is 14.2. The standard InChI is InChI=1S/C26H32FN5O3/c1-17(35-16-19-6-4-3-5-7-19)21-12-20(27)10-11-22(21)31-23(13-25(28)34-2)26(33)24(32-29)15-30-14-18-8-9-18/h3-7,10-13,15,17-18,26,33H,8-9,14,16,28-29H2,1-2H3/t17-,26?/m1/s1. The highest BCUT2D eigenvalue weighted by atomic mass is 19.1. The number of aliphatic imine (C=N–C) groups is 2. The van der Waals surface area contributed by atoms with Crippen molar-refractivity contribution in [3.63, 3.8) is 0 Å². The Kier molecular flexibility index (Phi) is 9.51. The van der Waals surface area contributed by atoms with E-state index in [1.807, 2.05) is 37.3 Å². The topological polar surface area (TPSA) is 128 Å². The summed E-state index contributed by atoms with van der Waals surface area (Å²) in [5, 5.41) is 14.7. The van der Waals surface area contributed by atoms with Crippen molar-refractivity contribution < 1.29 is 19.0 Å². The maximum atomic E-state index is 14.2. The summed E-state index contributed by atoms with van der Waals surface area (Å²) in [6, 6.07) is 13.8. The van der Waals surface area contributed by atoms with Crippen molar-refractivity contribution in [2.45, 2.75) is 38.6 Å². The molecule has 3 rings (SSSR count). The highest BCUT2D eigenvalue weighted by molar-refractivity contribution is 6.39. The lowest BCUT2D eigenvalue weighted by molar-refractivity contribution is 0.0527. The first-order valence-corrected chi connectivity index (χ1v) is 11.4. The Balaban J connectivity index is 1.90. The van der Waals surface area contributed by atoms with Gasteiger partial charge in [-0.25, -0.2) is 9.38 Å². The number of nitrogens with two attached hydrogens (primary N) is 2. The summed E-state index contributed by atoms with van der Waals surface area (Å²) in [5.41, 5.74) is 7.95. The third-order valence-corrected chi connectivity index (χ3v) is 5.54. The molecule has 2 aromatic carbocycles. The van der Waals surface area contributed by atoms with Gasteiger partial charge in [0.2, 0.25) is 0 Å². The molecule has 0 amide bonds. The first kappa shape index (κ1) is 26.1. The van der Waals surface area contributed by atoms with Gasteiger partial charge in [-0.2, -0.15) is 5.10 Å². The Morgan fingerprint density at radius 3 is 2.60 bits per heavy atom. The quantitative estimate of drug-likeness (QED) is 0.184. The van der Waals surface area contributed by atoms with E-state index in [2.05, 4.69) is 15.1 Å². The van der Waals surface area contributed by atoms with Crippen LogP contribution in [0.4, 0.5) is 10.1 Å². The van der Waals surface area contributed by atoms with E-state index >= 15 is 0 Å². The van der Waals surface area contributed by atoms with Gasteiger partial charge in [0.05, 0.1) is 31.2 Å². The lowest BCUT2D eigenvalue weighted by Crippen LogP contribution is -2.31. The van der Waals surface area contributed by atoms with Crippen molar-refractivity contribution in [2.75, 3.05) is 13.7 Å². The lowest BCUT2D eigenvalue weighted by atomic mass is 10.1. The van der Waals surface area contributed by atoms with Gasteiger partial charge >= 0.3 is 0 Å². The Labute approximate surface area is 204 Å². The molecule has 1 unspecified atom stereocenters. The second-order valence-corrected chi connectivity index (χ2v) is 8.32. The first-order chi connectivity index (χ1) is 16.9. The molecule has 0 radical (unpaired) electrons. The van der Waals surface area contributed by atoms with Gasteiger partial charge in [0.1, 0.15) is 17.6 Å². The van der Waals surface area contributed by atoms with Crippen molar-refractivity contribution in [3.05, 3.63) is 77.4 Å². The predicted molar refractivity (Wildman–Crippen MR) is 136 cm³/mol. The van der Waals surface area contributed by atoms with Crippen LogP contribution in [0, 0.1) is 11.7 Å². The van der Waals surface area contributed by atoms with Crippen LogP contribution >= 0.6 is 0 Å². The van der Waals surface area contributed by atoms with Crippen LogP contribution < -0.4 is 11.6 Å². The van der Waals surface area contributed by atoms with Crippen molar-refractivity contribution in [2.24, 2.45) is 32.6 Å². The molecule has 1 saturated carbocycles. The third kappa shape index (κ3) is 8.01. The molecule has 2 aromatic rings. The molecule has 0 heterocycles. The Morgan fingerprint density at radius 1 is 1.20 bits per heavy atom. The molecule has 0 bridgehead atoms. The van der Waals surface area contributed by atoms with E-state index < -0.39 is 18.0 Å². The molecule has 0 saturated heterocycles. The molecule has 1 fully saturated rings. The highest BCUT2D eigenvalue weighted by Gasteiger charge is 2.22. The lowest BCUT2D eigenvalue weighted by Gasteiger charge is -2.17. The van der Waals surface area contributed by atoms with Gasteiger partial charge in [-0.3, -0.25) is 4.99 Å². The molecule has 5 N–H and O–H groups in total. The maximum Gasteiger partial charge on any atom is 0.185 e. The van der Waals surface area contributed by atoms with Crippen molar-refractivity contribution in [1.82, 2.24) is 0 Å². The van der Waals surface area contributed by atoms with E-state index in [9.17, 15) is 9.50 Å². The minimum absolute atomic E-state index is 0.0196. The average molecular weight is 482 g/mol. The largest absolute Gasteiger partial charge is 0.483 e. The van der Waals surface area contributed by atoms with Gasteiger partial charge in [0, 0.05) is 24.4 Å². The van der Waals surface area contributed by atoms with Gasteiger partial charge in [-0.05, 0) is 49.4 Å². The fourth-order valence-electron chi connectivity index (χ4n) is 3.28. The summed E-state index contributed by atoms with van der Waals surface area (Å²) in [6.07, 6.45) is 3.27. The zero-order chi connectivity index (χ0) is 25.2. The van der Waals surface area contributed by atoms with Gasteiger partial charge in [0.25, 0.3) is 0 Å². The van der Waals surface area contributed by atoms with Crippen LogP contribution in [-0.2, 0) is 16.1 Å². The van der Waals surface area contributed by atoms with E-state index in [0.717, 1.165) is 18.4 Å². The molecular formula is C26H32FN5O3. The fraction of sp³-hybridized carbons (Fsp3) is 0.346. The second kappa shape index (κ2) is 12.8. The molecule has 0 aliphatic heterocycles. The monoisotopic (exact) mass is 481 g/mol. The molecule has 186 valence electrons. The molecular weight excluding hydrogens is 449 g/mol. The zero-order valence-electron chi connectivity index (χ0n) is 20.0. The number of methoxy groups -OCH3 is 1. The van der Waals surface area contributed by atoms with Crippen molar-refractivity contribution >= 4 is 23.3 Å². The summed E-state index contributed by atoms with van der Waals surface area (Å²) in [5.74, 6) is 5.68. The van der Waals surface area contributed by atoms with Gasteiger partial charge in [-0.1, -0.05) is 30.3 Å². The number of aliphatic hydroxyl groups excluding tert-OH is 1. The summed E-state index contributed by atoms with van der Waals surface area (Å²) in [6.45, 7) is 2.80. The molecule has 0 aromatic heterocycles. The number of hydrogen-bond donors (Lipinski definition) is 3. The van der Waals surface area contributed by atoms with Crippen LogP contribution in [0.15, 0.2) is 75.6 Å². The summed E-state index contributed by atoms with van der Waals surface area (Å²) in [4.78, 5) is 8.89. The van der Waals surface area contributed by atoms with E-state index in [4.69, 9.17) is 21.1 Å². The van der Waals surface area contributed by atoms with E-state index in [-0.39, 0.29) is 17.3 Å². The highest BCUT2D eigenvalue weighted by Crippen LogP contribution is 2.30. The van der Waals surface area contributed by atoms with Crippen molar-refractivity contribution in [3.8, 4) is 0 Å². The predicted octanol–water partition coefficient (Wildman–Crippen LogP) is 3.78. The number of halogens is 1. The van der Waals surface area contributed by atoms with Crippen LogP contribution in [0.3, 0.4) is 0 Å². The SMILES string of the molecule is COC(N)=CC(=Nc1ccc(F)cc1[C@@H](C)OCc1ccccc1)C(O)C(C=NCC1CC1)=NN. The minimum atomic E-state index is -1.34. The number of ether oxygens (including phenoxy) is 2. The van der Waals surface area contributed by atoms with Crippen LogP contribution in [0.25, 0.3) is 0 Å². The smallest absolute Gasteiger partial charge is 0.185 e. The van der Waals surface area contributed by atoms with Crippen LogP contribution in [0.5, 0.6) is 0 Å². The van der Waals surface area contributed by atoms with Gasteiger partial charge in [0.15, 0.2) is 5.88 Å². The molecule has 1 aliphatic carbocycles. The average Bonchev–Trinajstić information content (AvgIpc) is 3.70. The van der Waals surface area contributed by atoms with E-state index in [0.29, 0.717) is 30.3 Å². The molecule has 0 spiro atoms. The normalized spacial score (nSPS) is 17.0. The summed E-state index contributed by atoms with van der Waals surface area (Å²) >= 11 is 0. The Morgan fingerprint density at radius 2 is 1.94 bits per heavy atom. The number of nitrogens with zero attached hydrogens (tertiary/aromatic N) is 3. The summed E-state index contributed by atoms with van der Waals surface area (Å²) in [7, 11) is 1.40. The van der Waals surface area contributed by atoms with E-state index in [1.54, 1.807) is 0 Å². The molecule has 2 atom stereocenters. The first-order valence-electron chi connectivity index (χ1n) is 11.4. The van der Waals surface area contributed by atoms with Gasteiger partial charge in [-0.15, -0.1) is 0 Å². The van der Waals surface area contributed by atoms with Crippen molar-refractivity contribution in [1.29, 1.82) is 0 Å². The fourth-order valence-corrected chi connectivity index (χ4v) is 3.28. The molecule has 35 heavy (non-hydrogen) atoms. The van der Waals surface area contributed by atoms with Crippen LogP contribution in [0.1, 0.15) is 37.0 Å². The summed E-state index contributed by atoms with van der Waals surface area (Å²) < 4.78 is 25.2. The molecule has 9 heteroatoms.